The van der Waals surface area contributed by atoms with Gasteiger partial charge in [-0.3, -0.25) is 0 Å². The minimum Gasteiger partial charge on any atom is -0.465 e. The Morgan fingerprint density at radius 3 is 1.55 bits per heavy atom. The second-order valence-electron chi connectivity index (χ2n) is 5.98. The van der Waals surface area contributed by atoms with Crippen LogP contribution in [-0.4, -0.2) is 51.2 Å². The van der Waals surface area contributed by atoms with Crippen molar-refractivity contribution in [3.8, 4) is 11.5 Å². The highest BCUT2D eigenvalue weighted by atomic mass is 16.8. The maximum atomic E-state index is 11.8. The van der Waals surface area contributed by atoms with Gasteiger partial charge >= 0.3 is 24.2 Å². The minimum atomic E-state index is -1.02. The van der Waals surface area contributed by atoms with E-state index in [0.717, 1.165) is 0 Å². The van der Waals surface area contributed by atoms with Crippen LogP contribution in [0.15, 0.2) is 48.5 Å². The summed E-state index contributed by atoms with van der Waals surface area (Å²) in [6.45, 7) is 1.20. The van der Waals surface area contributed by atoms with Crippen LogP contribution in [0.1, 0.15) is 27.6 Å². The molecule has 0 bridgehead atoms. The maximum absolute atomic E-state index is 11.8. The molecule has 31 heavy (non-hydrogen) atoms. The lowest BCUT2D eigenvalue weighted by Crippen LogP contribution is -2.25. The molecule has 0 saturated heterocycles. The van der Waals surface area contributed by atoms with Crippen molar-refractivity contribution < 1.29 is 47.6 Å². The minimum absolute atomic E-state index is 0.153. The van der Waals surface area contributed by atoms with E-state index in [1.54, 1.807) is 0 Å². The Morgan fingerprint density at radius 2 is 1.13 bits per heavy atom. The van der Waals surface area contributed by atoms with Crippen LogP contribution in [0.4, 0.5) is 9.59 Å². The fourth-order valence-electron chi connectivity index (χ4n) is 2.18. The normalized spacial score (nSPS) is 10.9. The highest BCUT2D eigenvalue weighted by Gasteiger charge is 2.16. The van der Waals surface area contributed by atoms with Crippen molar-refractivity contribution >= 4 is 24.2 Å². The molecule has 2 aromatic rings. The lowest BCUT2D eigenvalue weighted by atomic mass is 10.2. The summed E-state index contributed by atoms with van der Waals surface area (Å²) < 4.78 is 28.9. The van der Waals surface area contributed by atoms with Gasteiger partial charge in [0.15, 0.2) is 0 Å². The first-order valence-electron chi connectivity index (χ1n) is 8.92. The number of carbonyl (C=O) groups excluding carboxylic acids is 4. The standard InChI is InChI=1S/C21H20O10/c1-13(29-21(25)31-17-10-6-15(7-11-17)19(23)27-3)12-28-20(24)30-16-8-4-14(5-9-16)18(22)26-2/h4-11,13H,12H2,1-3H3. The molecule has 0 N–H and O–H groups in total. The highest BCUT2D eigenvalue weighted by Crippen LogP contribution is 2.15. The second kappa shape index (κ2) is 11.2. The first-order valence-corrected chi connectivity index (χ1v) is 8.92. The molecule has 0 aromatic heterocycles. The third kappa shape index (κ3) is 7.35. The van der Waals surface area contributed by atoms with Crippen molar-refractivity contribution in [3.05, 3.63) is 59.7 Å². The summed E-state index contributed by atoms with van der Waals surface area (Å²) in [5, 5.41) is 0. The Kier molecular flexibility index (Phi) is 8.38. The first kappa shape index (κ1) is 23.2. The van der Waals surface area contributed by atoms with E-state index in [1.807, 2.05) is 0 Å². The molecule has 0 saturated carbocycles. The summed E-state index contributed by atoms with van der Waals surface area (Å²) in [5.74, 6) is -0.737. The lowest BCUT2D eigenvalue weighted by molar-refractivity contribution is 0.0184. The number of hydrogen-bond acceptors (Lipinski definition) is 10. The summed E-state index contributed by atoms with van der Waals surface area (Å²) in [4.78, 5) is 46.3. The molecule has 164 valence electrons. The van der Waals surface area contributed by atoms with Gasteiger partial charge in [-0.25, -0.2) is 19.2 Å². The molecule has 1 atom stereocenters. The zero-order valence-electron chi connectivity index (χ0n) is 17.0. The molecule has 0 aliphatic heterocycles. The van der Waals surface area contributed by atoms with Crippen LogP contribution in [0.25, 0.3) is 0 Å². The van der Waals surface area contributed by atoms with Crippen LogP contribution in [0.3, 0.4) is 0 Å². The molecule has 1 unspecified atom stereocenters. The van der Waals surface area contributed by atoms with Crippen molar-refractivity contribution in [1.82, 2.24) is 0 Å². The lowest BCUT2D eigenvalue weighted by Gasteiger charge is -2.13. The Bertz CT molecular complexity index is 918. The summed E-state index contributed by atoms with van der Waals surface area (Å²) in [6, 6.07) is 11.3. The predicted molar refractivity (Wildman–Crippen MR) is 104 cm³/mol. The largest absolute Gasteiger partial charge is 0.514 e. The van der Waals surface area contributed by atoms with Crippen LogP contribution in [-0.2, 0) is 18.9 Å². The molecular weight excluding hydrogens is 412 g/mol. The molecular formula is C21H20O10. The smallest absolute Gasteiger partial charge is 0.465 e. The van der Waals surface area contributed by atoms with E-state index in [1.165, 1.54) is 69.7 Å². The number of ether oxygens (including phenoxy) is 6. The maximum Gasteiger partial charge on any atom is 0.514 e. The van der Waals surface area contributed by atoms with Crippen molar-refractivity contribution in [2.75, 3.05) is 20.8 Å². The van der Waals surface area contributed by atoms with Crippen LogP contribution in [0.2, 0.25) is 0 Å². The zero-order chi connectivity index (χ0) is 22.8. The number of methoxy groups -OCH3 is 2. The van der Waals surface area contributed by atoms with Crippen molar-refractivity contribution in [1.29, 1.82) is 0 Å². The third-order valence-corrected chi connectivity index (χ3v) is 3.69. The van der Waals surface area contributed by atoms with Gasteiger partial charge in [0, 0.05) is 0 Å². The van der Waals surface area contributed by atoms with Crippen molar-refractivity contribution in [2.24, 2.45) is 0 Å². The SMILES string of the molecule is COC(=O)c1ccc(OC(=O)OCC(C)OC(=O)Oc2ccc(C(=O)OC)cc2)cc1. The quantitative estimate of drug-likeness (QED) is 0.365. The molecule has 10 nitrogen and oxygen atoms in total. The number of esters is 2. The van der Waals surface area contributed by atoms with Gasteiger partial charge in [-0.15, -0.1) is 0 Å². The van der Waals surface area contributed by atoms with Gasteiger partial charge in [-0.1, -0.05) is 0 Å². The molecule has 0 amide bonds. The molecule has 0 radical (unpaired) electrons. The fraction of sp³-hybridized carbons (Fsp3) is 0.238. The van der Waals surface area contributed by atoms with Crippen molar-refractivity contribution in [3.63, 3.8) is 0 Å². The van der Waals surface area contributed by atoms with E-state index in [4.69, 9.17) is 18.9 Å². The third-order valence-electron chi connectivity index (χ3n) is 3.69. The van der Waals surface area contributed by atoms with Gasteiger partial charge in [0.25, 0.3) is 0 Å². The molecule has 0 aliphatic carbocycles. The average Bonchev–Trinajstić information content (AvgIpc) is 2.77. The summed E-state index contributed by atoms with van der Waals surface area (Å²) in [6.07, 6.45) is -2.86. The van der Waals surface area contributed by atoms with Gasteiger partial charge in [-0.05, 0) is 55.5 Å². The van der Waals surface area contributed by atoms with Gasteiger partial charge < -0.3 is 28.4 Å². The molecule has 0 heterocycles. The molecule has 0 aliphatic rings. The van der Waals surface area contributed by atoms with Crippen LogP contribution < -0.4 is 9.47 Å². The topological polar surface area (TPSA) is 124 Å². The van der Waals surface area contributed by atoms with Crippen LogP contribution in [0.5, 0.6) is 11.5 Å². The Labute approximate surface area is 177 Å². The van der Waals surface area contributed by atoms with Gasteiger partial charge in [-0.2, -0.15) is 0 Å². The fourth-order valence-corrected chi connectivity index (χ4v) is 2.18. The summed E-state index contributed by atoms with van der Waals surface area (Å²) >= 11 is 0. The monoisotopic (exact) mass is 432 g/mol. The average molecular weight is 432 g/mol. The van der Waals surface area contributed by atoms with Gasteiger partial charge in [0.2, 0.25) is 0 Å². The van der Waals surface area contributed by atoms with Gasteiger partial charge in [0.1, 0.15) is 24.2 Å². The molecule has 0 fully saturated rings. The molecule has 2 aromatic carbocycles. The first-order chi connectivity index (χ1) is 14.8. The summed E-state index contributed by atoms with van der Waals surface area (Å²) in [7, 11) is 2.51. The van der Waals surface area contributed by atoms with E-state index in [-0.39, 0.29) is 18.1 Å². The summed E-state index contributed by atoms with van der Waals surface area (Å²) in [5.41, 5.74) is 0.590. The van der Waals surface area contributed by atoms with E-state index in [0.29, 0.717) is 11.1 Å². The Hall–Kier alpha value is -4.08. The second-order valence-corrected chi connectivity index (χ2v) is 5.98. The number of carbonyl (C=O) groups is 4. The molecule has 0 spiro atoms. The number of benzene rings is 2. The zero-order valence-corrected chi connectivity index (χ0v) is 17.0. The number of rotatable bonds is 7. The highest BCUT2D eigenvalue weighted by molar-refractivity contribution is 5.90. The Morgan fingerprint density at radius 1 is 0.710 bits per heavy atom. The van der Waals surface area contributed by atoms with Gasteiger partial charge in [0.05, 0.1) is 25.3 Å². The van der Waals surface area contributed by atoms with E-state index in [9.17, 15) is 19.2 Å². The Balaban J connectivity index is 1.74. The van der Waals surface area contributed by atoms with Crippen LogP contribution in [0, 0.1) is 0 Å². The van der Waals surface area contributed by atoms with E-state index < -0.39 is 30.4 Å². The molecule has 2 rings (SSSR count). The van der Waals surface area contributed by atoms with Crippen LogP contribution >= 0.6 is 0 Å². The van der Waals surface area contributed by atoms with Crippen molar-refractivity contribution in [2.45, 2.75) is 13.0 Å². The van der Waals surface area contributed by atoms with E-state index >= 15 is 0 Å². The molecule has 10 heteroatoms. The predicted octanol–water partition coefficient (Wildman–Crippen LogP) is 3.38. The van der Waals surface area contributed by atoms with E-state index in [2.05, 4.69) is 9.47 Å². The number of hydrogen-bond donors (Lipinski definition) is 0.